The van der Waals surface area contributed by atoms with E-state index in [1.54, 1.807) is 0 Å². The zero-order chi connectivity index (χ0) is 18.3. The number of nitrogens with zero attached hydrogens (tertiary/aromatic N) is 1. The normalized spacial score (nSPS) is 27.6. The Balaban J connectivity index is 1.55. The summed E-state index contributed by atoms with van der Waals surface area (Å²) in [4.78, 5) is 27.7. The summed E-state index contributed by atoms with van der Waals surface area (Å²) in [6.07, 6.45) is 5.26. The first-order valence-electron chi connectivity index (χ1n) is 9.75. The van der Waals surface area contributed by atoms with E-state index in [0.717, 1.165) is 50.6 Å². The standard InChI is InChI=1S/C20H26FNO3S/c1-12(23)25-18-10-14-11-22(9-8-17(14)26-18)19(20(24)13-6-7-13)15-4-2-3-5-16(15)21/h10,13,15-16,19H,2-9,11H2,1H3. The lowest BCUT2D eigenvalue weighted by Gasteiger charge is -2.41. The van der Waals surface area contributed by atoms with Crippen molar-refractivity contribution in [2.45, 2.75) is 70.6 Å². The molecule has 0 bridgehead atoms. The van der Waals surface area contributed by atoms with E-state index >= 15 is 0 Å². The third kappa shape index (κ3) is 3.72. The zero-order valence-corrected chi connectivity index (χ0v) is 16.0. The minimum atomic E-state index is -0.864. The molecule has 26 heavy (non-hydrogen) atoms. The van der Waals surface area contributed by atoms with Crippen LogP contribution in [0.25, 0.3) is 0 Å². The zero-order valence-electron chi connectivity index (χ0n) is 15.2. The Morgan fingerprint density at radius 2 is 2.04 bits per heavy atom. The molecule has 2 fully saturated rings. The van der Waals surface area contributed by atoms with Crippen LogP contribution in [0.15, 0.2) is 6.07 Å². The van der Waals surface area contributed by atoms with Crippen LogP contribution in [0.1, 0.15) is 55.9 Å². The number of ketones is 1. The molecule has 1 aromatic rings. The van der Waals surface area contributed by atoms with Crippen molar-refractivity contribution in [1.29, 1.82) is 0 Å². The minimum absolute atomic E-state index is 0.148. The average Bonchev–Trinajstić information content (AvgIpc) is 3.37. The molecule has 3 unspecified atom stereocenters. The van der Waals surface area contributed by atoms with Crippen molar-refractivity contribution in [2.75, 3.05) is 6.54 Å². The number of fused-ring (bicyclic) bond motifs is 1. The molecule has 4 nitrogen and oxygen atoms in total. The maximum atomic E-state index is 14.7. The second-order valence-corrected chi connectivity index (χ2v) is 9.01. The number of esters is 1. The number of Topliss-reactive ketones (excluding diaryl/α,β-unsaturated/α-hetero) is 1. The Hall–Kier alpha value is -1.27. The van der Waals surface area contributed by atoms with E-state index in [-0.39, 0.29) is 29.6 Å². The Kier molecular flexibility index (Phi) is 5.15. The van der Waals surface area contributed by atoms with E-state index in [2.05, 4.69) is 4.90 Å². The maximum Gasteiger partial charge on any atom is 0.308 e. The summed E-state index contributed by atoms with van der Waals surface area (Å²) in [5.41, 5.74) is 1.12. The Morgan fingerprint density at radius 3 is 2.73 bits per heavy atom. The number of ether oxygens (including phenoxy) is 1. The smallest absolute Gasteiger partial charge is 0.308 e. The number of hydrogen-bond donors (Lipinski definition) is 0. The second-order valence-electron chi connectivity index (χ2n) is 7.91. The highest BCUT2D eigenvalue weighted by molar-refractivity contribution is 7.14. The first-order chi connectivity index (χ1) is 12.5. The van der Waals surface area contributed by atoms with Gasteiger partial charge >= 0.3 is 5.97 Å². The highest BCUT2D eigenvalue weighted by Crippen LogP contribution is 2.41. The molecular weight excluding hydrogens is 353 g/mol. The van der Waals surface area contributed by atoms with Gasteiger partial charge in [-0.3, -0.25) is 14.5 Å². The number of hydrogen-bond acceptors (Lipinski definition) is 5. The SMILES string of the molecule is CC(=O)Oc1cc2c(s1)CCN(C(C(=O)C1CC1)C1CCCCC1F)C2. The van der Waals surface area contributed by atoms with Crippen molar-refractivity contribution >= 4 is 23.1 Å². The highest BCUT2D eigenvalue weighted by Gasteiger charge is 2.45. The van der Waals surface area contributed by atoms with Crippen LogP contribution in [-0.4, -0.2) is 35.4 Å². The van der Waals surface area contributed by atoms with Gasteiger partial charge in [-0.1, -0.05) is 12.8 Å². The van der Waals surface area contributed by atoms with Gasteiger partial charge in [-0.25, -0.2) is 4.39 Å². The van der Waals surface area contributed by atoms with Crippen LogP contribution in [0.3, 0.4) is 0 Å². The molecule has 0 radical (unpaired) electrons. The van der Waals surface area contributed by atoms with Crippen molar-refractivity contribution in [1.82, 2.24) is 4.90 Å². The van der Waals surface area contributed by atoms with Gasteiger partial charge in [-0.2, -0.15) is 0 Å². The van der Waals surface area contributed by atoms with Crippen molar-refractivity contribution in [3.63, 3.8) is 0 Å². The van der Waals surface area contributed by atoms with Crippen LogP contribution in [0, 0.1) is 11.8 Å². The second kappa shape index (κ2) is 7.39. The fourth-order valence-corrected chi connectivity index (χ4v) is 5.55. The average molecular weight is 379 g/mol. The Morgan fingerprint density at radius 1 is 1.27 bits per heavy atom. The number of carbonyl (C=O) groups excluding carboxylic acids is 2. The van der Waals surface area contributed by atoms with Gasteiger partial charge in [0.05, 0.1) is 6.04 Å². The fourth-order valence-electron chi connectivity index (χ4n) is 4.50. The van der Waals surface area contributed by atoms with E-state index in [0.29, 0.717) is 18.0 Å². The molecule has 6 heteroatoms. The molecule has 0 aromatic carbocycles. The first-order valence-corrected chi connectivity index (χ1v) is 10.6. The summed E-state index contributed by atoms with van der Waals surface area (Å²) in [7, 11) is 0. The van der Waals surface area contributed by atoms with Crippen molar-refractivity contribution < 1.29 is 18.7 Å². The van der Waals surface area contributed by atoms with Gasteiger partial charge in [0.1, 0.15) is 6.17 Å². The van der Waals surface area contributed by atoms with Gasteiger partial charge in [-0.15, -0.1) is 11.3 Å². The lowest BCUT2D eigenvalue weighted by atomic mass is 9.78. The highest BCUT2D eigenvalue weighted by atomic mass is 32.1. The van der Waals surface area contributed by atoms with Crippen LogP contribution in [-0.2, 0) is 22.6 Å². The van der Waals surface area contributed by atoms with Crippen molar-refractivity contribution in [3.8, 4) is 5.06 Å². The number of alkyl halides is 1. The molecule has 2 heterocycles. The molecule has 1 aromatic heterocycles. The van der Waals surface area contributed by atoms with Gasteiger partial charge in [0.2, 0.25) is 0 Å². The summed E-state index contributed by atoms with van der Waals surface area (Å²) in [6, 6.07) is 1.63. The van der Waals surface area contributed by atoms with E-state index in [4.69, 9.17) is 4.74 Å². The number of rotatable bonds is 5. The predicted octanol–water partition coefficient (Wildman–Crippen LogP) is 3.91. The number of thiophene rings is 1. The third-order valence-electron chi connectivity index (χ3n) is 5.92. The molecule has 2 saturated carbocycles. The Bertz CT molecular complexity index is 699. The molecule has 0 amide bonds. The van der Waals surface area contributed by atoms with Crippen molar-refractivity contribution in [2.24, 2.45) is 11.8 Å². The lowest BCUT2D eigenvalue weighted by Crippen LogP contribution is -2.51. The quantitative estimate of drug-likeness (QED) is 0.728. The molecule has 2 aliphatic carbocycles. The summed E-state index contributed by atoms with van der Waals surface area (Å²) in [5.74, 6) is -0.0669. The predicted molar refractivity (Wildman–Crippen MR) is 98.1 cm³/mol. The van der Waals surface area contributed by atoms with Gasteiger partial charge in [-0.05, 0) is 43.7 Å². The van der Waals surface area contributed by atoms with Gasteiger partial charge < -0.3 is 4.74 Å². The molecule has 142 valence electrons. The topological polar surface area (TPSA) is 46.6 Å². The molecule has 1 aliphatic heterocycles. The number of halogens is 1. The fraction of sp³-hybridized carbons (Fsp3) is 0.700. The Labute approximate surface area is 157 Å². The van der Waals surface area contributed by atoms with Crippen LogP contribution in [0.2, 0.25) is 0 Å². The van der Waals surface area contributed by atoms with Crippen LogP contribution in [0.4, 0.5) is 4.39 Å². The van der Waals surface area contributed by atoms with Gasteiger partial charge in [0.25, 0.3) is 0 Å². The van der Waals surface area contributed by atoms with Crippen LogP contribution >= 0.6 is 11.3 Å². The van der Waals surface area contributed by atoms with Gasteiger partial charge in [0.15, 0.2) is 10.8 Å². The van der Waals surface area contributed by atoms with E-state index in [1.807, 2.05) is 6.07 Å². The lowest BCUT2D eigenvalue weighted by molar-refractivity contribution is -0.131. The maximum absolute atomic E-state index is 14.7. The van der Waals surface area contributed by atoms with Gasteiger partial charge in [0, 0.05) is 36.7 Å². The van der Waals surface area contributed by atoms with E-state index in [1.165, 1.54) is 23.1 Å². The summed E-state index contributed by atoms with van der Waals surface area (Å²) < 4.78 is 19.9. The molecule has 3 atom stereocenters. The number of carbonyl (C=O) groups is 2. The summed E-state index contributed by atoms with van der Waals surface area (Å²) in [5, 5.41) is 0.621. The summed E-state index contributed by atoms with van der Waals surface area (Å²) >= 11 is 1.51. The summed E-state index contributed by atoms with van der Waals surface area (Å²) in [6.45, 7) is 2.83. The van der Waals surface area contributed by atoms with Crippen molar-refractivity contribution in [3.05, 3.63) is 16.5 Å². The minimum Gasteiger partial charge on any atom is -0.416 e. The monoisotopic (exact) mass is 379 g/mol. The van der Waals surface area contributed by atoms with Crippen LogP contribution in [0.5, 0.6) is 5.06 Å². The molecule has 0 saturated heterocycles. The molecule has 4 rings (SSSR count). The largest absolute Gasteiger partial charge is 0.416 e. The molecule has 0 N–H and O–H groups in total. The third-order valence-corrected chi connectivity index (χ3v) is 7.04. The van der Waals surface area contributed by atoms with E-state index < -0.39 is 6.17 Å². The molecule has 3 aliphatic rings. The molecular formula is C20H26FNO3S. The van der Waals surface area contributed by atoms with Crippen LogP contribution < -0.4 is 4.74 Å². The first kappa shape index (κ1) is 18.1. The van der Waals surface area contributed by atoms with E-state index in [9.17, 15) is 14.0 Å². The molecule has 0 spiro atoms.